The van der Waals surface area contributed by atoms with Gasteiger partial charge in [-0.3, -0.25) is 9.36 Å². The zero-order chi connectivity index (χ0) is 24.5. The molecule has 0 aliphatic heterocycles. The second kappa shape index (κ2) is 12.1. The van der Waals surface area contributed by atoms with Gasteiger partial charge in [0.25, 0.3) is 0 Å². The van der Waals surface area contributed by atoms with Crippen LogP contribution in [-0.4, -0.2) is 53.7 Å². The van der Waals surface area contributed by atoms with Crippen LogP contribution in [0.25, 0.3) is 11.4 Å². The molecule has 182 valence electrons. The second-order valence-electron chi connectivity index (χ2n) is 7.95. The first-order valence-corrected chi connectivity index (χ1v) is 12.4. The maximum atomic E-state index is 12.5. The number of aromatic nitrogens is 3. The molecule has 0 saturated carbocycles. The number of furan rings is 1. The van der Waals surface area contributed by atoms with Crippen LogP contribution >= 0.6 is 11.8 Å². The van der Waals surface area contributed by atoms with Crippen molar-refractivity contribution in [1.82, 2.24) is 20.1 Å². The number of ether oxygens (including phenoxy) is 1. The molecule has 2 heterocycles. The highest BCUT2D eigenvalue weighted by molar-refractivity contribution is 7.99. The number of thioether (sulfide) groups is 1. The van der Waals surface area contributed by atoms with Gasteiger partial charge in [-0.15, -0.1) is 10.2 Å². The molecule has 2 aromatic heterocycles. The van der Waals surface area contributed by atoms with Crippen molar-refractivity contribution >= 4 is 23.4 Å². The highest BCUT2D eigenvalue weighted by Gasteiger charge is 2.17. The summed E-state index contributed by atoms with van der Waals surface area (Å²) in [5.41, 5.74) is 2.04. The van der Waals surface area contributed by atoms with Gasteiger partial charge in [0.05, 0.1) is 25.7 Å². The number of rotatable bonds is 12. The predicted molar refractivity (Wildman–Crippen MR) is 138 cm³/mol. The molecule has 8 nitrogen and oxygen atoms in total. The van der Waals surface area contributed by atoms with Crippen molar-refractivity contribution in [3.8, 4) is 17.1 Å². The Balaban J connectivity index is 1.35. The van der Waals surface area contributed by atoms with Crippen LogP contribution in [0.15, 0.2) is 82.6 Å². The smallest absolute Gasteiger partial charge is 0.230 e. The summed E-state index contributed by atoms with van der Waals surface area (Å²) in [6.07, 6.45) is 2.50. The first-order valence-electron chi connectivity index (χ1n) is 11.4. The summed E-state index contributed by atoms with van der Waals surface area (Å²) in [6, 6.07) is 21.6. The molecule has 0 fully saturated rings. The lowest BCUT2D eigenvalue weighted by Crippen LogP contribution is -2.29. The predicted octanol–water partition coefficient (Wildman–Crippen LogP) is 4.33. The number of carbonyl (C=O) groups is 1. The number of nitrogens with zero attached hydrogens (tertiary/aromatic N) is 4. The molecule has 35 heavy (non-hydrogen) atoms. The maximum absolute atomic E-state index is 12.5. The summed E-state index contributed by atoms with van der Waals surface area (Å²) in [6.45, 7) is 1.94. The molecule has 1 N–H and O–H groups in total. The Hall–Kier alpha value is -3.72. The topological polar surface area (TPSA) is 85.4 Å². The quantitative estimate of drug-likeness (QED) is 0.233. The Kier molecular flexibility index (Phi) is 8.45. The first kappa shape index (κ1) is 24.4. The number of nitrogens with one attached hydrogen (secondary N) is 1. The van der Waals surface area contributed by atoms with Crippen LogP contribution in [-0.2, 0) is 11.3 Å². The number of hydrogen-bond donors (Lipinski definition) is 1. The molecule has 0 radical (unpaired) electrons. The zero-order valence-electron chi connectivity index (χ0n) is 19.9. The molecule has 0 aliphatic carbocycles. The van der Waals surface area contributed by atoms with Gasteiger partial charge in [-0.25, -0.2) is 0 Å². The van der Waals surface area contributed by atoms with E-state index in [2.05, 4.69) is 39.6 Å². The largest absolute Gasteiger partial charge is 0.497 e. The minimum atomic E-state index is -0.0344. The van der Waals surface area contributed by atoms with E-state index in [0.717, 1.165) is 35.7 Å². The molecule has 0 bridgehead atoms. The number of carbonyl (C=O) groups excluding carboxylic acids is 1. The van der Waals surface area contributed by atoms with E-state index in [1.54, 1.807) is 13.4 Å². The number of anilines is 1. The fraction of sp³-hybridized carbons (Fsp3) is 0.269. The van der Waals surface area contributed by atoms with Crippen LogP contribution < -0.4 is 15.0 Å². The molecule has 0 unspecified atom stereocenters. The van der Waals surface area contributed by atoms with Gasteiger partial charge in [0.15, 0.2) is 11.0 Å². The minimum Gasteiger partial charge on any atom is -0.497 e. The number of hydrogen-bond acceptors (Lipinski definition) is 7. The normalized spacial score (nSPS) is 10.8. The lowest BCUT2D eigenvalue weighted by Gasteiger charge is -2.19. The van der Waals surface area contributed by atoms with E-state index in [9.17, 15) is 4.79 Å². The molecule has 0 aliphatic rings. The van der Waals surface area contributed by atoms with Crippen LogP contribution in [0.3, 0.4) is 0 Å². The summed E-state index contributed by atoms with van der Waals surface area (Å²) >= 11 is 1.36. The third kappa shape index (κ3) is 6.66. The summed E-state index contributed by atoms with van der Waals surface area (Å²) in [5.74, 6) is 2.42. The van der Waals surface area contributed by atoms with Gasteiger partial charge in [0.1, 0.15) is 11.5 Å². The van der Waals surface area contributed by atoms with E-state index in [1.165, 1.54) is 11.8 Å². The summed E-state index contributed by atoms with van der Waals surface area (Å²) in [4.78, 5) is 14.7. The Morgan fingerprint density at radius 2 is 1.97 bits per heavy atom. The van der Waals surface area contributed by atoms with Crippen molar-refractivity contribution in [3.63, 3.8) is 0 Å². The van der Waals surface area contributed by atoms with Crippen molar-refractivity contribution in [3.05, 3.63) is 78.8 Å². The average molecular weight is 492 g/mol. The van der Waals surface area contributed by atoms with Gasteiger partial charge >= 0.3 is 0 Å². The molecule has 0 spiro atoms. The minimum absolute atomic E-state index is 0.0344. The number of methoxy groups -OCH3 is 1. The highest BCUT2D eigenvalue weighted by atomic mass is 32.2. The Morgan fingerprint density at radius 3 is 2.74 bits per heavy atom. The maximum Gasteiger partial charge on any atom is 0.230 e. The van der Waals surface area contributed by atoms with Crippen LogP contribution in [0.5, 0.6) is 5.75 Å². The fourth-order valence-electron chi connectivity index (χ4n) is 3.61. The standard InChI is InChI=1S/C26H29N5O3S/c1-30(21-10-4-3-5-11-21)15-8-14-27-24(32)19-35-26-29-28-25(20-9-6-12-22(17-20)33-2)31(26)18-23-13-7-16-34-23/h3-7,9-13,16-17H,8,14-15,18-19H2,1-2H3,(H,27,32). The molecule has 1 amide bonds. The summed E-state index contributed by atoms with van der Waals surface area (Å²) < 4.78 is 12.9. The second-order valence-corrected chi connectivity index (χ2v) is 8.90. The monoisotopic (exact) mass is 491 g/mol. The van der Waals surface area contributed by atoms with E-state index < -0.39 is 0 Å². The van der Waals surface area contributed by atoms with Crippen LogP contribution in [0.4, 0.5) is 5.69 Å². The van der Waals surface area contributed by atoms with Crippen molar-refractivity contribution in [2.75, 3.05) is 37.9 Å². The molecule has 0 saturated heterocycles. The van der Waals surface area contributed by atoms with Gasteiger partial charge < -0.3 is 19.4 Å². The molecular weight excluding hydrogens is 462 g/mol. The molecule has 4 aromatic rings. The summed E-state index contributed by atoms with van der Waals surface area (Å²) in [7, 11) is 3.69. The van der Waals surface area contributed by atoms with Gasteiger partial charge in [-0.05, 0) is 42.8 Å². The van der Waals surface area contributed by atoms with Gasteiger partial charge in [0.2, 0.25) is 5.91 Å². The molecular formula is C26H29N5O3S. The van der Waals surface area contributed by atoms with Gasteiger partial charge in [0, 0.05) is 31.4 Å². The zero-order valence-corrected chi connectivity index (χ0v) is 20.7. The number of amides is 1. The van der Waals surface area contributed by atoms with Crippen LogP contribution in [0.2, 0.25) is 0 Å². The lowest BCUT2D eigenvalue weighted by atomic mass is 10.2. The van der Waals surface area contributed by atoms with Crippen molar-refractivity contribution in [1.29, 1.82) is 0 Å². The third-order valence-corrected chi connectivity index (χ3v) is 6.43. The number of para-hydroxylation sites is 1. The highest BCUT2D eigenvalue weighted by Crippen LogP contribution is 2.27. The molecule has 4 rings (SSSR count). The van der Waals surface area contributed by atoms with Crippen molar-refractivity contribution in [2.24, 2.45) is 0 Å². The van der Waals surface area contributed by atoms with Crippen molar-refractivity contribution < 1.29 is 13.9 Å². The van der Waals surface area contributed by atoms with E-state index in [0.29, 0.717) is 24.1 Å². The van der Waals surface area contributed by atoms with Gasteiger partial charge in [-0.1, -0.05) is 42.1 Å². The SMILES string of the molecule is COc1cccc(-c2nnc(SCC(=O)NCCCN(C)c3ccccc3)n2Cc2ccco2)c1. The fourth-order valence-corrected chi connectivity index (χ4v) is 4.38. The summed E-state index contributed by atoms with van der Waals surface area (Å²) in [5, 5.41) is 12.4. The Labute approximate surface area is 209 Å². The van der Waals surface area contributed by atoms with E-state index in [4.69, 9.17) is 9.15 Å². The van der Waals surface area contributed by atoms with Crippen LogP contribution in [0, 0.1) is 0 Å². The third-order valence-electron chi connectivity index (χ3n) is 5.46. The van der Waals surface area contributed by atoms with E-state index >= 15 is 0 Å². The molecule has 2 aromatic carbocycles. The van der Waals surface area contributed by atoms with E-state index in [1.807, 2.05) is 59.2 Å². The lowest BCUT2D eigenvalue weighted by molar-refractivity contribution is -0.118. The van der Waals surface area contributed by atoms with Gasteiger partial charge in [-0.2, -0.15) is 0 Å². The van der Waals surface area contributed by atoms with Crippen LogP contribution in [0.1, 0.15) is 12.2 Å². The Bertz CT molecular complexity index is 1210. The first-order chi connectivity index (χ1) is 17.1. The number of benzene rings is 2. The Morgan fingerprint density at radius 1 is 1.11 bits per heavy atom. The van der Waals surface area contributed by atoms with E-state index in [-0.39, 0.29) is 11.7 Å². The van der Waals surface area contributed by atoms with Crippen molar-refractivity contribution in [2.45, 2.75) is 18.1 Å². The molecule has 0 atom stereocenters. The average Bonchev–Trinajstić information content (AvgIpc) is 3.56. The molecule has 9 heteroatoms.